The number of hydrogen-bond donors (Lipinski definition) is 0. The monoisotopic (exact) mass is 454 g/mol. The van der Waals surface area contributed by atoms with E-state index in [2.05, 4.69) is 9.97 Å². The number of esters is 1. The standard InChI is InChI=1S/C20H12F6N4O2/c1-3-32-19(31)17-18(8-4-11(23)15(25)16(26)14(8)24)30(7-27-17)20-28-12-5-9(21)10(22)6-13(12)29(20)2/h4-7H,3H2,1-2H3. The Bertz CT molecular complexity index is 1400. The molecule has 0 aliphatic heterocycles. The predicted molar refractivity (Wildman–Crippen MR) is 99.0 cm³/mol. The number of carbonyl (C=O) groups excluding carboxylic acids is 1. The van der Waals surface area contributed by atoms with Crippen molar-refractivity contribution in [2.24, 2.45) is 7.05 Å². The molecule has 0 fully saturated rings. The minimum absolute atomic E-state index is 0.00401. The van der Waals surface area contributed by atoms with Crippen LogP contribution in [0.25, 0.3) is 28.2 Å². The summed E-state index contributed by atoms with van der Waals surface area (Å²) in [5.74, 6) is -11.1. The Labute approximate surface area is 175 Å². The maximum Gasteiger partial charge on any atom is 0.359 e. The second kappa shape index (κ2) is 7.70. The van der Waals surface area contributed by atoms with E-state index >= 15 is 0 Å². The van der Waals surface area contributed by atoms with Gasteiger partial charge in [-0.2, -0.15) is 0 Å². The van der Waals surface area contributed by atoms with Crippen LogP contribution in [0, 0.1) is 34.9 Å². The van der Waals surface area contributed by atoms with Crippen molar-refractivity contribution >= 4 is 17.0 Å². The molecule has 0 saturated heterocycles. The highest BCUT2D eigenvalue weighted by Gasteiger charge is 2.29. The molecule has 0 aliphatic rings. The predicted octanol–water partition coefficient (Wildman–Crippen LogP) is 4.44. The zero-order valence-corrected chi connectivity index (χ0v) is 16.4. The Kier molecular flexibility index (Phi) is 5.15. The van der Waals surface area contributed by atoms with Crippen LogP contribution in [0.15, 0.2) is 24.5 Å². The molecular weight excluding hydrogens is 442 g/mol. The molecule has 2 aromatic heterocycles. The first-order valence-corrected chi connectivity index (χ1v) is 9.05. The van der Waals surface area contributed by atoms with E-state index in [9.17, 15) is 31.1 Å². The number of ether oxygens (including phenoxy) is 1. The van der Waals surface area contributed by atoms with Crippen molar-refractivity contribution in [2.45, 2.75) is 6.92 Å². The van der Waals surface area contributed by atoms with Crippen LogP contribution >= 0.6 is 0 Å². The molecule has 0 bridgehead atoms. The summed E-state index contributed by atoms with van der Waals surface area (Å²) in [5.41, 5.74) is -1.77. The number of nitrogens with zero attached hydrogens (tertiary/aromatic N) is 4. The van der Waals surface area contributed by atoms with E-state index in [1.807, 2.05) is 0 Å². The molecule has 0 atom stereocenters. The average Bonchev–Trinajstić information content (AvgIpc) is 3.31. The molecule has 6 nitrogen and oxygen atoms in total. The zero-order valence-electron chi connectivity index (χ0n) is 16.4. The normalized spacial score (nSPS) is 11.4. The second-order valence-electron chi connectivity index (χ2n) is 6.61. The molecule has 12 heteroatoms. The fraction of sp³-hybridized carbons (Fsp3) is 0.150. The lowest BCUT2D eigenvalue weighted by molar-refractivity contribution is 0.0521. The molecular formula is C20H12F6N4O2. The van der Waals surface area contributed by atoms with Crippen LogP contribution < -0.4 is 0 Å². The lowest BCUT2D eigenvalue weighted by Gasteiger charge is -2.12. The smallest absolute Gasteiger partial charge is 0.359 e. The van der Waals surface area contributed by atoms with Crippen LogP contribution in [0.1, 0.15) is 17.4 Å². The van der Waals surface area contributed by atoms with E-state index in [0.29, 0.717) is 6.07 Å². The highest BCUT2D eigenvalue weighted by Crippen LogP contribution is 2.33. The van der Waals surface area contributed by atoms with Gasteiger partial charge in [-0.1, -0.05) is 0 Å². The van der Waals surface area contributed by atoms with Crippen molar-refractivity contribution in [1.82, 2.24) is 19.1 Å². The number of fused-ring (bicyclic) bond motifs is 1. The van der Waals surface area contributed by atoms with E-state index in [4.69, 9.17) is 4.74 Å². The zero-order chi connectivity index (χ0) is 23.3. The summed E-state index contributed by atoms with van der Waals surface area (Å²) < 4.78 is 90.4. The van der Waals surface area contributed by atoms with Crippen molar-refractivity contribution in [2.75, 3.05) is 6.61 Å². The lowest BCUT2D eigenvalue weighted by atomic mass is 10.1. The molecule has 2 heterocycles. The summed E-state index contributed by atoms with van der Waals surface area (Å²) >= 11 is 0. The van der Waals surface area contributed by atoms with Crippen LogP contribution in [-0.2, 0) is 11.8 Å². The van der Waals surface area contributed by atoms with Gasteiger partial charge in [-0.25, -0.2) is 41.1 Å². The fourth-order valence-corrected chi connectivity index (χ4v) is 3.24. The van der Waals surface area contributed by atoms with Crippen molar-refractivity contribution in [3.05, 3.63) is 65.1 Å². The Hall–Kier alpha value is -3.83. The molecule has 32 heavy (non-hydrogen) atoms. The van der Waals surface area contributed by atoms with Gasteiger partial charge in [0, 0.05) is 24.7 Å². The summed E-state index contributed by atoms with van der Waals surface area (Å²) in [7, 11) is 1.40. The molecule has 4 aromatic rings. The summed E-state index contributed by atoms with van der Waals surface area (Å²) in [5, 5.41) is 0. The van der Waals surface area contributed by atoms with Crippen LogP contribution in [0.2, 0.25) is 0 Å². The minimum atomic E-state index is -2.10. The Morgan fingerprint density at radius 1 is 0.969 bits per heavy atom. The first kappa shape index (κ1) is 21.4. The number of aryl methyl sites for hydroxylation is 1. The van der Waals surface area contributed by atoms with Crippen molar-refractivity contribution in [1.29, 1.82) is 0 Å². The van der Waals surface area contributed by atoms with Gasteiger partial charge in [0.2, 0.25) is 5.95 Å². The molecule has 4 rings (SSSR count). The van der Waals surface area contributed by atoms with E-state index < -0.39 is 57.8 Å². The summed E-state index contributed by atoms with van der Waals surface area (Å²) in [4.78, 5) is 20.3. The van der Waals surface area contributed by atoms with Gasteiger partial charge in [-0.15, -0.1) is 0 Å². The SMILES string of the molecule is CCOC(=O)c1ncn(-c2nc3cc(F)c(F)cc3n2C)c1-c1cc(F)c(F)c(F)c1F. The molecule has 2 aromatic carbocycles. The summed E-state index contributed by atoms with van der Waals surface area (Å²) in [6, 6.07) is 2.03. The third-order valence-corrected chi connectivity index (χ3v) is 4.71. The number of carbonyl (C=O) groups is 1. The largest absolute Gasteiger partial charge is 0.461 e. The number of hydrogen-bond acceptors (Lipinski definition) is 4. The molecule has 166 valence electrons. The lowest BCUT2D eigenvalue weighted by Crippen LogP contribution is -2.11. The van der Waals surface area contributed by atoms with Gasteiger partial charge in [0.15, 0.2) is 40.6 Å². The highest BCUT2D eigenvalue weighted by molar-refractivity contribution is 5.95. The second-order valence-corrected chi connectivity index (χ2v) is 6.61. The number of aromatic nitrogens is 4. The first-order valence-electron chi connectivity index (χ1n) is 9.05. The van der Waals surface area contributed by atoms with Gasteiger partial charge in [0.25, 0.3) is 0 Å². The number of rotatable bonds is 4. The van der Waals surface area contributed by atoms with Gasteiger partial charge in [0.05, 0.1) is 23.3 Å². The molecule has 0 N–H and O–H groups in total. The average molecular weight is 454 g/mol. The third-order valence-electron chi connectivity index (χ3n) is 4.71. The topological polar surface area (TPSA) is 61.9 Å². The van der Waals surface area contributed by atoms with Crippen molar-refractivity contribution < 1.29 is 35.9 Å². The molecule has 0 aliphatic carbocycles. The van der Waals surface area contributed by atoms with Gasteiger partial charge >= 0.3 is 5.97 Å². The first-order chi connectivity index (χ1) is 15.1. The van der Waals surface area contributed by atoms with Gasteiger partial charge < -0.3 is 9.30 Å². The maximum atomic E-state index is 14.6. The fourth-order valence-electron chi connectivity index (χ4n) is 3.24. The maximum absolute atomic E-state index is 14.6. The van der Waals surface area contributed by atoms with Gasteiger partial charge in [-0.3, -0.25) is 4.57 Å². The summed E-state index contributed by atoms with van der Waals surface area (Å²) in [6.45, 7) is 1.39. The number of imidazole rings is 2. The van der Waals surface area contributed by atoms with Crippen LogP contribution in [0.3, 0.4) is 0 Å². The van der Waals surface area contributed by atoms with Gasteiger partial charge in [-0.05, 0) is 13.0 Å². The van der Waals surface area contributed by atoms with Crippen molar-refractivity contribution in [3.8, 4) is 17.2 Å². The van der Waals surface area contributed by atoms with Crippen LogP contribution in [-0.4, -0.2) is 31.7 Å². The minimum Gasteiger partial charge on any atom is -0.461 e. The highest BCUT2D eigenvalue weighted by atomic mass is 19.2. The van der Waals surface area contributed by atoms with E-state index in [-0.39, 0.29) is 23.6 Å². The quantitative estimate of drug-likeness (QED) is 0.198. The third kappa shape index (κ3) is 3.18. The van der Waals surface area contributed by atoms with Crippen LogP contribution in [0.4, 0.5) is 26.3 Å². The number of benzene rings is 2. The van der Waals surface area contributed by atoms with Gasteiger partial charge in [0.1, 0.15) is 6.33 Å². The Balaban J connectivity index is 2.05. The molecule has 0 spiro atoms. The van der Waals surface area contributed by atoms with Crippen molar-refractivity contribution in [3.63, 3.8) is 0 Å². The van der Waals surface area contributed by atoms with E-state index in [1.54, 1.807) is 0 Å². The molecule has 0 saturated carbocycles. The Morgan fingerprint density at radius 3 is 2.34 bits per heavy atom. The van der Waals surface area contributed by atoms with Crippen LogP contribution in [0.5, 0.6) is 0 Å². The number of halogens is 6. The Morgan fingerprint density at radius 2 is 1.66 bits per heavy atom. The van der Waals surface area contributed by atoms with E-state index in [1.165, 1.54) is 18.5 Å². The molecule has 0 unspecified atom stereocenters. The van der Waals surface area contributed by atoms with E-state index in [0.717, 1.165) is 23.0 Å². The molecule has 0 radical (unpaired) electrons. The molecule has 0 amide bonds. The summed E-state index contributed by atoms with van der Waals surface area (Å²) in [6.07, 6.45) is 0.980.